The molecule has 0 bridgehead atoms. The van der Waals surface area contributed by atoms with Gasteiger partial charge in [-0.1, -0.05) is 44.2 Å². The second-order valence-corrected chi connectivity index (χ2v) is 7.61. The van der Waals surface area contributed by atoms with Gasteiger partial charge in [0.2, 0.25) is 0 Å². The number of hydrogen-bond donors (Lipinski definition) is 1. The van der Waals surface area contributed by atoms with Crippen LogP contribution in [0, 0.1) is 5.41 Å². The smallest absolute Gasteiger partial charge is 0.0337 e. The van der Waals surface area contributed by atoms with E-state index in [2.05, 4.69) is 49.1 Å². The zero-order valence-corrected chi connectivity index (χ0v) is 12.9. The highest BCUT2D eigenvalue weighted by Gasteiger charge is 2.47. The molecule has 1 aromatic carbocycles. The van der Waals surface area contributed by atoms with Crippen LogP contribution in [0.2, 0.25) is 0 Å². The van der Waals surface area contributed by atoms with Crippen LogP contribution < -0.4 is 5.73 Å². The molecule has 0 aromatic heterocycles. The highest BCUT2D eigenvalue weighted by molar-refractivity contribution is 5.22. The molecule has 2 nitrogen and oxygen atoms in total. The van der Waals surface area contributed by atoms with Crippen molar-refractivity contribution in [2.45, 2.75) is 51.0 Å². The highest BCUT2D eigenvalue weighted by atomic mass is 15.2. The topological polar surface area (TPSA) is 29.3 Å². The Kier molecular flexibility index (Phi) is 3.64. The molecule has 2 heteroatoms. The van der Waals surface area contributed by atoms with Crippen molar-refractivity contribution in [3.63, 3.8) is 0 Å². The highest BCUT2D eigenvalue weighted by Crippen LogP contribution is 2.48. The van der Waals surface area contributed by atoms with Crippen molar-refractivity contribution in [1.29, 1.82) is 0 Å². The molecule has 1 saturated heterocycles. The molecular weight excluding hydrogens is 244 g/mol. The fraction of sp³-hybridized carbons (Fsp3) is 0.667. The maximum Gasteiger partial charge on any atom is 0.0337 e. The van der Waals surface area contributed by atoms with E-state index in [0.717, 1.165) is 6.54 Å². The van der Waals surface area contributed by atoms with E-state index in [1.165, 1.54) is 44.3 Å². The Morgan fingerprint density at radius 2 is 1.95 bits per heavy atom. The monoisotopic (exact) mass is 272 g/mol. The predicted octanol–water partition coefficient (Wildman–Crippen LogP) is 3.38. The lowest BCUT2D eigenvalue weighted by Crippen LogP contribution is -2.51. The van der Waals surface area contributed by atoms with Gasteiger partial charge in [-0.25, -0.2) is 0 Å². The van der Waals surface area contributed by atoms with Gasteiger partial charge in [0.1, 0.15) is 0 Å². The zero-order valence-electron chi connectivity index (χ0n) is 12.9. The molecule has 3 rings (SSSR count). The summed E-state index contributed by atoms with van der Waals surface area (Å²) >= 11 is 0. The van der Waals surface area contributed by atoms with Crippen molar-refractivity contribution in [1.82, 2.24) is 4.90 Å². The van der Waals surface area contributed by atoms with Crippen molar-refractivity contribution in [3.05, 3.63) is 35.9 Å². The summed E-state index contributed by atoms with van der Waals surface area (Å²) in [7, 11) is 0. The molecule has 0 spiro atoms. The molecule has 2 fully saturated rings. The van der Waals surface area contributed by atoms with E-state index in [1.54, 1.807) is 0 Å². The molecule has 2 aliphatic rings. The molecule has 0 amide bonds. The third kappa shape index (κ3) is 2.51. The van der Waals surface area contributed by atoms with E-state index >= 15 is 0 Å². The molecule has 1 aromatic rings. The van der Waals surface area contributed by atoms with Crippen LogP contribution in [0.5, 0.6) is 0 Å². The fourth-order valence-electron chi connectivity index (χ4n) is 4.40. The molecule has 0 radical (unpaired) electrons. The maximum atomic E-state index is 6.21. The standard InChI is InChI=1S/C18H28N2/c1-17(2)9-10-18(13-17,14-19)20-11-8-16(12-20)15-6-4-3-5-7-15/h3-7,16H,8-14,19H2,1-2H3. The van der Waals surface area contributed by atoms with Gasteiger partial charge < -0.3 is 5.73 Å². The summed E-state index contributed by atoms with van der Waals surface area (Å²) in [6.45, 7) is 8.02. The van der Waals surface area contributed by atoms with Crippen molar-refractivity contribution in [2.75, 3.05) is 19.6 Å². The first-order valence-corrected chi connectivity index (χ1v) is 8.05. The number of nitrogens with zero attached hydrogens (tertiary/aromatic N) is 1. The van der Waals surface area contributed by atoms with Gasteiger partial charge >= 0.3 is 0 Å². The summed E-state index contributed by atoms with van der Waals surface area (Å²) in [5, 5.41) is 0. The minimum atomic E-state index is 0.271. The number of hydrogen-bond acceptors (Lipinski definition) is 2. The van der Waals surface area contributed by atoms with Gasteiger partial charge in [0.05, 0.1) is 0 Å². The molecule has 1 aliphatic heterocycles. The van der Waals surface area contributed by atoms with Crippen LogP contribution in [0.4, 0.5) is 0 Å². The Hall–Kier alpha value is -0.860. The average molecular weight is 272 g/mol. The van der Waals surface area contributed by atoms with Gasteiger partial charge in [-0.15, -0.1) is 0 Å². The second-order valence-electron chi connectivity index (χ2n) is 7.61. The lowest BCUT2D eigenvalue weighted by atomic mass is 9.86. The van der Waals surface area contributed by atoms with Crippen molar-refractivity contribution in [3.8, 4) is 0 Å². The molecule has 110 valence electrons. The first kappa shape index (κ1) is 14.1. The van der Waals surface area contributed by atoms with Crippen LogP contribution in [-0.2, 0) is 0 Å². The number of benzene rings is 1. The summed E-state index contributed by atoms with van der Waals surface area (Å²) in [6, 6.07) is 11.0. The van der Waals surface area contributed by atoms with E-state index in [-0.39, 0.29) is 5.54 Å². The van der Waals surface area contributed by atoms with E-state index in [4.69, 9.17) is 5.73 Å². The third-order valence-corrected chi connectivity index (χ3v) is 5.58. The molecule has 1 saturated carbocycles. The predicted molar refractivity (Wildman–Crippen MR) is 84.8 cm³/mol. The Balaban J connectivity index is 1.73. The van der Waals surface area contributed by atoms with E-state index in [1.807, 2.05) is 0 Å². The van der Waals surface area contributed by atoms with Crippen LogP contribution in [0.1, 0.15) is 51.0 Å². The maximum absolute atomic E-state index is 6.21. The third-order valence-electron chi connectivity index (χ3n) is 5.58. The molecule has 2 unspecified atom stereocenters. The normalized spacial score (nSPS) is 33.6. The van der Waals surface area contributed by atoms with Gasteiger partial charge in [0.15, 0.2) is 0 Å². The zero-order chi connectivity index (χ0) is 14.2. The largest absolute Gasteiger partial charge is 0.329 e. The molecule has 1 aliphatic carbocycles. The average Bonchev–Trinajstić information content (AvgIpc) is 3.05. The Bertz CT molecular complexity index is 454. The Morgan fingerprint density at radius 1 is 1.20 bits per heavy atom. The van der Waals surface area contributed by atoms with E-state index < -0.39 is 0 Å². The number of nitrogens with two attached hydrogens (primary N) is 1. The molecule has 1 heterocycles. The summed E-state index contributed by atoms with van der Waals surface area (Å²) < 4.78 is 0. The molecule has 20 heavy (non-hydrogen) atoms. The summed E-state index contributed by atoms with van der Waals surface area (Å²) in [4.78, 5) is 2.71. The van der Waals surface area contributed by atoms with Crippen molar-refractivity contribution >= 4 is 0 Å². The van der Waals surface area contributed by atoms with Crippen LogP contribution in [0.15, 0.2) is 30.3 Å². The van der Waals surface area contributed by atoms with Gasteiger partial charge in [-0.05, 0) is 49.1 Å². The minimum Gasteiger partial charge on any atom is -0.329 e. The van der Waals surface area contributed by atoms with Crippen LogP contribution in [0.25, 0.3) is 0 Å². The molecular formula is C18H28N2. The Labute approximate surface area is 123 Å². The van der Waals surface area contributed by atoms with E-state index in [0.29, 0.717) is 11.3 Å². The lowest BCUT2D eigenvalue weighted by molar-refractivity contribution is 0.116. The summed E-state index contributed by atoms with van der Waals surface area (Å²) in [6.07, 6.45) is 5.14. The van der Waals surface area contributed by atoms with Crippen LogP contribution in [0.3, 0.4) is 0 Å². The van der Waals surface area contributed by atoms with Crippen LogP contribution in [-0.4, -0.2) is 30.1 Å². The lowest BCUT2D eigenvalue weighted by Gasteiger charge is -2.39. The van der Waals surface area contributed by atoms with Gasteiger partial charge in [0, 0.05) is 18.6 Å². The summed E-state index contributed by atoms with van der Waals surface area (Å²) in [5.41, 5.74) is 8.45. The molecule has 2 atom stereocenters. The number of likely N-dealkylation sites (tertiary alicyclic amines) is 1. The first-order chi connectivity index (χ1) is 9.55. The first-order valence-electron chi connectivity index (χ1n) is 8.05. The van der Waals surface area contributed by atoms with Crippen molar-refractivity contribution < 1.29 is 0 Å². The quantitative estimate of drug-likeness (QED) is 0.914. The van der Waals surface area contributed by atoms with Crippen LogP contribution >= 0.6 is 0 Å². The number of rotatable bonds is 3. The Morgan fingerprint density at radius 3 is 2.55 bits per heavy atom. The molecule has 2 N–H and O–H groups in total. The second kappa shape index (κ2) is 5.16. The SMILES string of the molecule is CC1(C)CCC(CN)(N2CCC(c3ccccc3)C2)C1. The van der Waals surface area contributed by atoms with E-state index in [9.17, 15) is 0 Å². The van der Waals surface area contributed by atoms with Gasteiger partial charge in [0.25, 0.3) is 0 Å². The minimum absolute atomic E-state index is 0.271. The van der Waals surface area contributed by atoms with Gasteiger partial charge in [-0.3, -0.25) is 4.90 Å². The van der Waals surface area contributed by atoms with Crippen molar-refractivity contribution in [2.24, 2.45) is 11.1 Å². The van der Waals surface area contributed by atoms with Gasteiger partial charge in [-0.2, -0.15) is 0 Å². The fourth-order valence-corrected chi connectivity index (χ4v) is 4.40. The summed E-state index contributed by atoms with van der Waals surface area (Å²) in [5.74, 6) is 0.698.